The monoisotopic (exact) mass is 613 g/mol. The van der Waals surface area contributed by atoms with Crippen LogP contribution in [-0.4, -0.2) is 82.2 Å². The summed E-state index contributed by atoms with van der Waals surface area (Å²) in [5.74, 6) is -0.409. The van der Waals surface area contributed by atoms with Gasteiger partial charge in [-0.2, -0.15) is 4.31 Å². The maximum Gasteiger partial charge on any atom is 0.243 e. The second-order valence-corrected chi connectivity index (χ2v) is 14.4. The van der Waals surface area contributed by atoms with Crippen molar-refractivity contribution in [1.29, 1.82) is 0 Å². The van der Waals surface area contributed by atoms with Crippen molar-refractivity contribution in [1.82, 2.24) is 13.5 Å². The zero-order valence-corrected chi connectivity index (χ0v) is 25.8. The number of aryl methyl sites for hydroxylation is 1. The van der Waals surface area contributed by atoms with Gasteiger partial charge in [0.1, 0.15) is 0 Å². The quantitative estimate of drug-likeness (QED) is 0.292. The molecule has 1 fully saturated rings. The van der Waals surface area contributed by atoms with Gasteiger partial charge >= 0.3 is 0 Å². The molecule has 0 saturated carbocycles. The third-order valence-corrected chi connectivity index (χ3v) is 11.2. The zero-order valence-electron chi connectivity index (χ0n) is 24.1. The lowest BCUT2D eigenvalue weighted by Crippen LogP contribution is -2.51. The molecule has 3 aromatic rings. The first-order valence-corrected chi connectivity index (χ1v) is 17.1. The van der Waals surface area contributed by atoms with Crippen LogP contribution in [0, 0.1) is 6.92 Å². The molecule has 4 rings (SSSR count). The molecule has 3 aromatic carbocycles. The van der Waals surface area contributed by atoms with Crippen LogP contribution in [-0.2, 0) is 41.9 Å². The van der Waals surface area contributed by atoms with Crippen LogP contribution in [0.25, 0.3) is 0 Å². The van der Waals surface area contributed by atoms with Crippen molar-refractivity contribution in [2.24, 2.45) is 0 Å². The number of hydrogen-bond acceptors (Lipinski definition) is 6. The number of piperidine rings is 1. The molecule has 0 N–H and O–H groups in total. The summed E-state index contributed by atoms with van der Waals surface area (Å²) in [6.45, 7) is 2.66. The summed E-state index contributed by atoms with van der Waals surface area (Å²) in [6, 6.07) is 24.7. The Morgan fingerprint density at radius 1 is 0.857 bits per heavy atom. The van der Waals surface area contributed by atoms with Crippen LogP contribution in [0.5, 0.6) is 0 Å². The Kier molecular flexibility index (Phi) is 10.9. The third-order valence-electron chi connectivity index (χ3n) is 7.48. The number of carbonyl (C=O) groups excluding carboxylic acids is 1. The van der Waals surface area contributed by atoms with Crippen molar-refractivity contribution in [3.05, 3.63) is 102 Å². The largest absolute Gasteiger partial charge is 0.383 e. The minimum absolute atomic E-state index is 0.0218. The predicted octanol–water partition coefficient (Wildman–Crippen LogP) is 3.66. The summed E-state index contributed by atoms with van der Waals surface area (Å²) >= 11 is 0. The molecule has 226 valence electrons. The van der Waals surface area contributed by atoms with Crippen LogP contribution in [0.4, 0.5) is 0 Å². The highest BCUT2D eigenvalue weighted by Gasteiger charge is 2.35. The Morgan fingerprint density at radius 3 is 2.05 bits per heavy atom. The van der Waals surface area contributed by atoms with Crippen molar-refractivity contribution in [3.63, 3.8) is 0 Å². The van der Waals surface area contributed by atoms with E-state index in [1.165, 1.54) is 23.5 Å². The van der Waals surface area contributed by atoms with Gasteiger partial charge in [-0.15, -0.1) is 0 Å². The van der Waals surface area contributed by atoms with Gasteiger partial charge in [0.2, 0.25) is 26.0 Å². The Hall–Kier alpha value is -3.09. The van der Waals surface area contributed by atoms with E-state index in [4.69, 9.17) is 4.74 Å². The van der Waals surface area contributed by atoms with E-state index in [1.54, 1.807) is 35.2 Å². The van der Waals surface area contributed by atoms with Crippen molar-refractivity contribution in [2.75, 3.05) is 39.9 Å². The average molecular weight is 614 g/mol. The molecule has 0 aliphatic carbocycles. The summed E-state index contributed by atoms with van der Waals surface area (Å²) in [4.78, 5) is 15.8. The fraction of sp³-hybridized carbons (Fsp3) is 0.387. The molecule has 1 heterocycles. The first-order valence-electron chi connectivity index (χ1n) is 14.0. The molecule has 0 spiro atoms. The Bertz CT molecular complexity index is 1510. The van der Waals surface area contributed by atoms with Crippen LogP contribution in [0.3, 0.4) is 0 Å². The fourth-order valence-corrected chi connectivity index (χ4v) is 8.04. The maximum atomic E-state index is 13.9. The number of methoxy groups -OCH3 is 1. The number of amides is 1. The zero-order chi connectivity index (χ0) is 30.2. The Labute approximate surface area is 249 Å². The van der Waals surface area contributed by atoms with E-state index in [1.807, 2.05) is 49.4 Å². The van der Waals surface area contributed by atoms with Gasteiger partial charge in [0, 0.05) is 39.3 Å². The van der Waals surface area contributed by atoms with E-state index >= 15 is 0 Å². The minimum Gasteiger partial charge on any atom is -0.383 e. The van der Waals surface area contributed by atoms with E-state index in [2.05, 4.69) is 0 Å². The number of rotatable bonds is 13. The van der Waals surface area contributed by atoms with E-state index in [0.29, 0.717) is 19.4 Å². The van der Waals surface area contributed by atoms with Gasteiger partial charge in [0.15, 0.2) is 0 Å². The van der Waals surface area contributed by atoms with Crippen LogP contribution in [0.15, 0.2) is 89.8 Å². The van der Waals surface area contributed by atoms with Crippen molar-refractivity contribution in [2.45, 2.75) is 43.0 Å². The lowest BCUT2D eigenvalue weighted by Gasteiger charge is -2.39. The molecule has 0 radical (unpaired) electrons. The number of nitrogens with zero attached hydrogens (tertiary/aromatic N) is 3. The molecule has 1 amide bonds. The van der Waals surface area contributed by atoms with E-state index < -0.39 is 20.0 Å². The second-order valence-electron chi connectivity index (χ2n) is 10.5. The molecule has 0 bridgehead atoms. The maximum absolute atomic E-state index is 13.9. The molecule has 0 atom stereocenters. The summed E-state index contributed by atoms with van der Waals surface area (Å²) < 4.78 is 61.1. The van der Waals surface area contributed by atoms with Gasteiger partial charge in [0.25, 0.3) is 0 Å². The predicted molar refractivity (Wildman–Crippen MR) is 162 cm³/mol. The molecule has 9 nitrogen and oxygen atoms in total. The molecule has 0 aromatic heterocycles. The average Bonchev–Trinajstić information content (AvgIpc) is 2.99. The highest BCUT2D eigenvalue weighted by molar-refractivity contribution is 7.89. The highest BCUT2D eigenvalue weighted by Crippen LogP contribution is 2.24. The molecule has 11 heteroatoms. The number of hydrogen-bond donors (Lipinski definition) is 0. The van der Waals surface area contributed by atoms with Gasteiger partial charge in [-0.1, -0.05) is 78.4 Å². The first-order chi connectivity index (χ1) is 20.1. The molecule has 0 unspecified atom stereocenters. The number of sulfonamides is 2. The van der Waals surface area contributed by atoms with Crippen LogP contribution >= 0.6 is 0 Å². The van der Waals surface area contributed by atoms with Gasteiger partial charge < -0.3 is 9.64 Å². The Balaban J connectivity index is 1.53. The van der Waals surface area contributed by atoms with Gasteiger partial charge in [-0.25, -0.2) is 21.1 Å². The van der Waals surface area contributed by atoms with Crippen LogP contribution in [0.1, 0.15) is 29.5 Å². The summed E-state index contributed by atoms with van der Waals surface area (Å²) in [5.41, 5.74) is 2.74. The summed E-state index contributed by atoms with van der Waals surface area (Å²) in [7, 11) is -5.99. The molecule has 42 heavy (non-hydrogen) atoms. The van der Waals surface area contributed by atoms with Gasteiger partial charge in [0.05, 0.1) is 23.8 Å². The molecular formula is C31H39N3O6S2. The minimum atomic E-state index is -3.95. The topological polar surface area (TPSA) is 104 Å². The van der Waals surface area contributed by atoms with E-state index in [0.717, 1.165) is 21.0 Å². The van der Waals surface area contributed by atoms with Crippen molar-refractivity contribution >= 4 is 26.0 Å². The SMILES string of the molecule is COCCN(CC(=O)N(Cc1ccc(C)cc1)C1CCN(S(=O)(=O)Cc2ccccc2)CC1)S(=O)(=O)c1ccccc1. The van der Waals surface area contributed by atoms with E-state index in [9.17, 15) is 21.6 Å². The number of benzene rings is 3. The smallest absolute Gasteiger partial charge is 0.243 e. The first kappa shape index (κ1) is 31.8. The van der Waals surface area contributed by atoms with Gasteiger partial charge in [-0.05, 0) is 43.0 Å². The second kappa shape index (κ2) is 14.4. The molecule has 1 aliphatic rings. The summed E-state index contributed by atoms with van der Waals surface area (Å²) in [6.07, 6.45) is 0.907. The lowest BCUT2D eigenvalue weighted by molar-refractivity contribution is -0.135. The van der Waals surface area contributed by atoms with Crippen molar-refractivity contribution < 1.29 is 26.4 Å². The van der Waals surface area contributed by atoms with Gasteiger partial charge in [-0.3, -0.25) is 4.79 Å². The normalized spacial score (nSPS) is 15.1. The molecule has 1 saturated heterocycles. The standard InChI is InChI=1S/C31H39N3O6S2/c1-26-13-15-27(16-14-26)23-34(29-17-19-32(20-18-29)41(36,37)25-28-9-5-3-6-10-28)31(35)24-33(21-22-40-2)42(38,39)30-11-7-4-8-12-30/h3-16,29H,17-25H2,1-2H3. The van der Waals surface area contributed by atoms with Crippen molar-refractivity contribution in [3.8, 4) is 0 Å². The number of carbonyl (C=O) groups is 1. The van der Waals surface area contributed by atoms with Crippen LogP contribution < -0.4 is 0 Å². The summed E-state index contributed by atoms with van der Waals surface area (Å²) in [5, 5.41) is 0. The van der Waals surface area contributed by atoms with Crippen LogP contribution in [0.2, 0.25) is 0 Å². The van der Waals surface area contributed by atoms with E-state index in [-0.39, 0.29) is 55.4 Å². The fourth-order valence-electron chi connectivity index (χ4n) is 5.08. The Morgan fingerprint density at radius 2 is 1.45 bits per heavy atom. The molecular weight excluding hydrogens is 574 g/mol. The highest BCUT2D eigenvalue weighted by atomic mass is 32.2. The molecule has 1 aliphatic heterocycles. The number of ether oxygens (including phenoxy) is 1. The lowest BCUT2D eigenvalue weighted by atomic mass is 10.0. The third kappa shape index (κ3) is 8.26.